The SMILES string of the molecule is N#CCC(=O)N/N=C\C(Br)=C\c1ccccc1. The van der Waals surface area contributed by atoms with Crippen molar-refractivity contribution < 1.29 is 4.79 Å². The molecule has 0 radical (unpaired) electrons. The van der Waals surface area contributed by atoms with Crippen LogP contribution in [-0.4, -0.2) is 12.1 Å². The van der Waals surface area contributed by atoms with Crippen molar-refractivity contribution in [3.8, 4) is 6.07 Å². The summed E-state index contributed by atoms with van der Waals surface area (Å²) in [4.78, 5) is 10.9. The van der Waals surface area contributed by atoms with E-state index in [2.05, 4.69) is 26.5 Å². The minimum atomic E-state index is -0.427. The molecule has 1 rings (SSSR count). The van der Waals surface area contributed by atoms with Crippen LogP contribution in [0.4, 0.5) is 0 Å². The van der Waals surface area contributed by atoms with Crippen molar-refractivity contribution in [2.24, 2.45) is 5.10 Å². The average molecular weight is 292 g/mol. The standard InChI is InChI=1S/C12H10BrN3O/c13-11(8-10-4-2-1-3-5-10)9-15-16-12(17)6-7-14/h1-5,8-9H,6H2,(H,16,17)/b11-8-,15-9-. The Kier molecular flexibility index (Phi) is 5.69. The van der Waals surface area contributed by atoms with Crippen LogP contribution in [0.3, 0.4) is 0 Å². The fraction of sp³-hybridized carbons (Fsp3) is 0.0833. The maximum Gasteiger partial charge on any atom is 0.254 e. The van der Waals surface area contributed by atoms with E-state index >= 15 is 0 Å². The highest BCUT2D eigenvalue weighted by atomic mass is 79.9. The monoisotopic (exact) mass is 291 g/mol. The molecule has 17 heavy (non-hydrogen) atoms. The van der Waals surface area contributed by atoms with Gasteiger partial charge in [0.2, 0.25) is 0 Å². The average Bonchev–Trinajstić information content (AvgIpc) is 2.30. The molecule has 0 aliphatic rings. The molecule has 0 heterocycles. The number of benzene rings is 1. The third kappa shape index (κ3) is 5.64. The number of halogens is 1. The second-order valence-electron chi connectivity index (χ2n) is 3.07. The number of hydrogen-bond acceptors (Lipinski definition) is 3. The molecule has 5 heteroatoms. The Morgan fingerprint density at radius 1 is 1.47 bits per heavy atom. The van der Waals surface area contributed by atoms with Crippen LogP contribution in [0.2, 0.25) is 0 Å². The Bertz CT molecular complexity index is 474. The van der Waals surface area contributed by atoms with Gasteiger partial charge in [0.15, 0.2) is 0 Å². The highest BCUT2D eigenvalue weighted by Crippen LogP contribution is 2.09. The molecule has 0 aliphatic carbocycles. The molecule has 0 saturated carbocycles. The van der Waals surface area contributed by atoms with Gasteiger partial charge < -0.3 is 0 Å². The third-order valence-electron chi connectivity index (χ3n) is 1.72. The van der Waals surface area contributed by atoms with Crippen molar-refractivity contribution in [1.29, 1.82) is 5.26 Å². The molecule has 0 atom stereocenters. The number of hydrazone groups is 1. The Morgan fingerprint density at radius 2 is 2.18 bits per heavy atom. The van der Waals surface area contributed by atoms with Gasteiger partial charge in [-0.25, -0.2) is 5.43 Å². The van der Waals surface area contributed by atoms with Crippen LogP contribution < -0.4 is 5.43 Å². The molecule has 0 saturated heterocycles. The predicted molar refractivity (Wildman–Crippen MR) is 70.2 cm³/mol. The summed E-state index contributed by atoms with van der Waals surface area (Å²) in [6, 6.07) is 11.4. The number of rotatable bonds is 4. The lowest BCUT2D eigenvalue weighted by molar-refractivity contribution is -0.120. The van der Waals surface area contributed by atoms with Crippen molar-refractivity contribution in [3.63, 3.8) is 0 Å². The molecule has 0 fully saturated rings. The largest absolute Gasteiger partial charge is 0.272 e. The number of hydrogen-bond donors (Lipinski definition) is 1. The van der Waals surface area contributed by atoms with Gasteiger partial charge in [-0.2, -0.15) is 10.4 Å². The zero-order chi connectivity index (χ0) is 12.5. The summed E-state index contributed by atoms with van der Waals surface area (Å²) in [6.07, 6.45) is 3.12. The van der Waals surface area contributed by atoms with Crippen molar-refractivity contribution in [3.05, 3.63) is 40.4 Å². The summed E-state index contributed by atoms with van der Waals surface area (Å²) in [6.45, 7) is 0. The Balaban J connectivity index is 2.52. The highest BCUT2D eigenvalue weighted by molar-refractivity contribution is 9.12. The summed E-state index contributed by atoms with van der Waals surface area (Å²) in [5, 5.41) is 12.0. The van der Waals surface area contributed by atoms with Crippen LogP contribution in [0.1, 0.15) is 12.0 Å². The number of amides is 1. The molecule has 0 bridgehead atoms. The third-order valence-corrected chi connectivity index (χ3v) is 2.15. The lowest BCUT2D eigenvalue weighted by Gasteiger charge is -1.94. The Morgan fingerprint density at radius 3 is 2.82 bits per heavy atom. The topological polar surface area (TPSA) is 65.2 Å². The van der Waals surface area contributed by atoms with Crippen LogP contribution >= 0.6 is 15.9 Å². The number of nitriles is 1. The van der Waals surface area contributed by atoms with Crippen LogP contribution in [0, 0.1) is 11.3 Å². The molecule has 1 N–H and O–H groups in total. The number of nitrogens with zero attached hydrogens (tertiary/aromatic N) is 2. The number of carbonyl (C=O) groups is 1. The van der Waals surface area contributed by atoms with Crippen LogP contribution in [0.5, 0.6) is 0 Å². The maximum atomic E-state index is 10.9. The number of carbonyl (C=O) groups excluding carboxylic acids is 1. The normalized spacial score (nSPS) is 11.2. The van der Waals surface area contributed by atoms with Gasteiger partial charge in [0.25, 0.3) is 5.91 Å². The highest BCUT2D eigenvalue weighted by Gasteiger charge is 1.95. The maximum absolute atomic E-state index is 10.9. The van der Waals surface area contributed by atoms with Gasteiger partial charge in [-0.1, -0.05) is 30.3 Å². The quantitative estimate of drug-likeness (QED) is 0.684. The van der Waals surface area contributed by atoms with E-state index in [4.69, 9.17) is 5.26 Å². The Hall–Kier alpha value is -1.93. The van der Waals surface area contributed by atoms with Crippen molar-refractivity contribution >= 4 is 34.1 Å². The van der Waals surface area contributed by atoms with Gasteiger partial charge in [-0.15, -0.1) is 0 Å². The van der Waals surface area contributed by atoms with E-state index in [0.29, 0.717) is 0 Å². The lowest BCUT2D eigenvalue weighted by atomic mass is 10.2. The van der Waals surface area contributed by atoms with Crippen LogP contribution in [0.25, 0.3) is 6.08 Å². The molecule has 0 unspecified atom stereocenters. The molecule has 0 spiro atoms. The first kappa shape index (κ1) is 13.1. The summed E-state index contributed by atoms with van der Waals surface area (Å²) in [5.74, 6) is -0.427. The van der Waals surface area contributed by atoms with Crippen molar-refractivity contribution in [2.45, 2.75) is 6.42 Å². The minimum absolute atomic E-state index is 0.197. The molecular weight excluding hydrogens is 282 g/mol. The van der Waals surface area contributed by atoms with E-state index in [0.717, 1.165) is 10.0 Å². The van der Waals surface area contributed by atoms with Crippen molar-refractivity contribution in [2.75, 3.05) is 0 Å². The smallest absolute Gasteiger partial charge is 0.254 e. The first-order chi connectivity index (χ1) is 8.22. The summed E-state index contributed by atoms with van der Waals surface area (Å²) >= 11 is 3.30. The fourth-order valence-electron chi connectivity index (χ4n) is 1.02. The van der Waals surface area contributed by atoms with E-state index in [9.17, 15) is 4.79 Å². The van der Waals surface area contributed by atoms with E-state index < -0.39 is 5.91 Å². The molecule has 0 aromatic heterocycles. The van der Waals surface area contributed by atoms with Crippen LogP contribution in [0.15, 0.2) is 39.9 Å². The van der Waals surface area contributed by atoms with Gasteiger partial charge in [-0.3, -0.25) is 4.79 Å². The Labute approximate surface area is 108 Å². The lowest BCUT2D eigenvalue weighted by Crippen LogP contribution is -2.15. The molecule has 4 nitrogen and oxygen atoms in total. The zero-order valence-corrected chi connectivity index (χ0v) is 10.5. The van der Waals surface area contributed by atoms with Gasteiger partial charge in [0, 0.05) is 4.48 Å². The molecule has 0 aliphatic heterocycles. The minimum Gasteiger partial charge on any atom is -0.272 e. The number of nitrogens with one attached hydrogen (secondary N) is 1. The molecule has 1 aromatic rings. The van der Waals surface area contributed by atoms with Gasteiger partial charge in [0.05, 0.1) is 12.3 Å². The van der Waals surface area contributed by atoms with E-state index in [1.807, 2.05) is 36.4 Å². The van der Waals surface area contributed by atoms with E-state index in [1.165, 1.54) is 6.21 Å². The first-order valence-electron chi connectivity index (χ1n) is 4.83. The second kappa shape index (κ2) is 7.36. The molecule has 86 valence electrons. The van der Waals surface area contributed by atoms with Gasteiger partial charge in [0.1, 0.15) is 6.42 Å². The first-order valence-corrected chi connectivity index (χ1v) is 5.63. The predicted octanol–water partition coefficient (Wildman–Crippen LogP) is 2.44. The molecule has 1 aromatic carbocycles. The molecular formula is C12H10BrN3O. The fourth-order valence-corrected chi connectivity index (χ4v) is 1.39. The summed E-state index contributed by atoms with van der Waals surface area (Å²) in [7, 11) is 0. The number of allylic oxidation sites excluding steroid dienone is 1. The van der Waals surface area contributed by atoms with E-state index in [-0.39, 0.29) is 6.42 Å². The summed E-state index contributed by atoms with van der Waals surface area (Å²) in [5.41, 5.74) is 3.26. The zero-order valence-electron chi connectivity index (χ0n) is 8.93. The van der Waals surface area contributed by atoms with E-state index in [1.54, 1.807) is 6.07 Å². The second-order valence-corrected chi connectivity index (χ2v) is 3.98. The molecule has 1 amide bonds. The van der Waals surface area contributed by atoms with Gasteiger partial charge in [-0.05, 0) is 27.6 Å². The summed E-state index contributed by atoms with van der Waals surface area (Å²) < 4.78 is 0.723. The van der Waals surface area contributed by atoms with Crippen molar-refractivity contribution in [1.82, 2.24) is 5.43 Å². The van der Waals surface area contributed by atoms with Crippen LogP contribution in [-0.2, 0) is 4.79 Å². The van der Waals surface area contributed by atoms with Gasteiger partial charge >= 0.3 is 0 Å².